The van der Waals surface area contributed by atoms with E-state index in [1.165, 1.54) is 11.3 Å². The van der Waals surface area contributed by atoms with Gasteiger partial charge in [0.2, 0.25) is 5.88 Å². The fraction of sp³-hybridized carbons (Fsp3) is 0.217. The van der Waals surface area contributed by atoms with Crippen LogP contribution >= 0.6 is 11.3 Å². The number of pyridine rings is 1. The summed E-state index contributed by atoms with van der Waals surface area (Å²) in [6, 6.07) is 15.0. The topological polar surface area (TPSA) is 91.9 Å². The minimum Gasteiger partial charge on any atom is -0.478 e. The fourth-order valence-corrected chi connectivity index (χ4v) is 4.34. The van der Waals surface area contributed by atoms with Crippen LogP contribution in [0.4, 0.5) is 0 Å². The molecular formula is C23H20N4O2S. The molecule has 0 aliphatic heterocycles. The molecule has 4 aromatic rings. The quantitative estimate of drug-likeness (QED) is 0.491. The van der Waals surface area contributed by atoms with E-state index in [0.29, 0.717) is 29.4 Å². The third-order valence-corrected chi connectivity index (χ3v) is 5.80. The van der Waals surface area contributed by atoms with Crippen molar-refractivity contribution in [1.82, 2.24) is 15.0 Å². The van der Waals surface area contributed by atoms with Crippen LogP contribution in [0.25, 0.3) is 21.6 Å². The lowest BCUT2D eigenvalue weighted by molar-refractivity contribution is 0.213. The molecule has 0 saturated carbocycles. The Morgan fingerprint density at radius 1 is 1.17 bits per heavy atom. The normalized spacial score (nSPS) is 11.9. The molecule has 0 fully saturated rings. The highest BCUT2D eigenvalue weighted by Gasteiger charge is 2.21. The fourth-order valence-electron chi connectivity index (χ4n) is 3.28. The predicted molar refractivity (Wildman–Crippen MR) is 116 cm³/mol. The first kappa shape index (κ1) is 20.0. The molecule has 3 aromatic heterocycles. The highest BCUT2D eigenvalue weighted by molar-refractivity contribution is 7.18. The van der Waals surface area contributed by atoms with Crippen LogP contribution in [0, 0.1) is 11.3 Å². The lowest BCUT2D eigenvalue weighted by Crippen LogP contribution is -2.04. The number of thiophene rings is 1. The molecule has 3 heterocycles. The molecule has 0 aliphatic carbocycles. The molecule has 1 aromatic carbocycles. The van der Waals surface area contributed by atoms with Crippen LogP contribution in [0.1, 0.15) is 41.6 Å². The van der Waals surface area contributed by atoms with Crippen LogP contribution in [0.2, 0.25) is 0 Å². The zero-order valence-electron chi connectivity index (χ0n) is 16.7. The van der Waals surface area contributed by atoms with Gasteiger partial charge in [-0.1, -0.05) is 19.1 Å². The zero-order chi connectivity index (χ0) is 21.1. The molecule has 4 rings (SSSR count). The Labute approximate surface area is 178 Å². The standard InChI is InChI=1S/C23H20N4O2S/c1-3-18-17-12-19(20(28)16-9-6-10-25-22(16)29-4-2)30-23(17)27-21(26-18)15-8-5-7-14(11-15)13-24/h5-12,20,28H,3-4H2,1-2H3. The Morgan fingerprint density at radius 2 is 2.03 bits per heavy atom. The first-order valence-electron chi connectivity index (χ1n) is 9.71. The van der Waals surface area contributed by atoms with Crippen molar-refractivity contribution in [2.45, 2.75) is 26.4 Å². The van der Waals surface area contributed by atoms with E-state index in [2.05, 4.69) is 11.1 Å². The monoisotopic (exact) mass is 416 g/mol. The first-order chi connectivity index (χ1) is 14.6. The van der Waals surface area contributed by atoms with Gasteiger partial charge in [0.1, 0.15) is 10.9 Å². The molecule has 6 nitrogen and oxygen atoms in total. The van der Waals surface area contributed by atoms with Crippen molar-refractivity contribution in [3.63, 3.8) is 0 Å². The largest absolute Gasteiger partial charge is 0.478 e. The third kappa shape index (κ3) is 3.75. The van der Waals surface area contributed by atoms with Crippen molar-refractivity contribution in [2.24, 2.45) is 0 Å². The van der Waals surface area contributed by atoms with Crippen LogP contribution in [0.5, 0.6) is 5.88 Å². The van der Waals surface area contributed by atoms with Crippen molar-refractivity contribution in [1.29, 1.82) is 5.26 Å². The van der Waals surface area contributed by atoms with E-state index in [0.717, 1.165) is 32.8 Å². The number of aryl methyl sites for hydroxylation is 1. The van der Waals surface area contributed by atoms with Crippen LogP contribution in [0.3, 0.4) is 0 Å². The van der Waals surface area contributed by atoms with Crippen molar-refractivity contribution in [3.8, 4) is 23.3 Å². The number of benzene rings is 1. The summed E-state index contributed by atoms with van der Waals surface area (Å²) in [7, 11) is 0. The van der Waals surface area contributed by atoms with Crippen LogP contribution < -0.4 is 4.74 Å². The minimum absolute atomic E-state index is 0.431. The van der Waals surface area contributed by atoms with Crippen LogP contribution in [0.15, 0.2) is 48.7 Å². The number of fused-ring (bicyclic) bond motifs is 1. The summed E-state index contributed by atoms with van der Waals surface area (Å²) in [5.41, 5.74) is 2.89. The average molecular weight is 417 g/mol. The van der Waals surface area contributed by atoms with Crippen molar-refractivity contribution in [2.75, 3.05) is 6.61 Å². The van der Waals surface area contributed by atoms with Crippen molar-refractivity contribution in [3.05, 3.63) is 70.4 Å². The van der Waals surface area contributed by atoms with Gasteiger partial charge in [-0.3, -0.25) is 0 Å². The Bertz CT molecular complexity index is 1250. The molecule has 150 valence electrons. The molecule has 30 heavy (non-hydrogen) atoms. The highest BCUT2D eigenvalue weighted by atomic mass is 32.1. The van der Waals surface area contributed by atoms with E-state index in [1.807, 2.05) is 38.1 Å². The van der Waals surface area contributed by atoms with E-state index in [1.54, 1.807) is 24.4 Å². The van der Waals surface area contributed by atoms with Gasteiger partial charge in [0, 0.05) is 27.6 Å². The molecule has 0 bridgehead atoms. The van der Waals surface area contributed by atoms with E-state index >= 15 is 0 Å². The number of nitrogens with zero attached hydrogens (tertiary/aromatic N) is 4. The predicted octanol–water partition coefficient (Wildman–Crippen LogP) is 4.67. The van der Waals surface area contributed by atoms with Gasteiger partial charge in [-0.15, -0.1) is 11.3 Å². The van der Waals surface area contributed by atoms with Gasteiger partial charge in [0.15, 0.2) is 5.82 Å². The second-order valence-electron chi connectivity index (χ2n) is 6.64. The molecule has 0 aliphatic rings. The summed E-state index contributed by atoms with van der Waals surface area (Å²) in [5.74, 6) is 1.01. The summed E-state index contributed by atoms with van der Waals surface area (Å²) < 4.78 is 5.58. The third-order valence-electron chi connectivity index (χ3n) is 4.72. The highest BCUT2D eigenvalue weighted by Crippen LogP contribution is 2.37. The van der Waals surface area contributed by atoms with Crippen LogP contribution in [-0.4, -0.2) is 26.7 Å². The van der Waals surface area contributed by atoms with Gasteiger partial charge < -0.3 is 9.84 Å². The molecule has 7 heteroatoms. The molecule has 0 amide bonds. The Hall–Kier alpha value is -3.34. The lowest BCUT2D eigenvalue weighted by Gasteiger charge is -2.12. The number of rotatable bonds is 6. The Kier molecular flexibility index (Phi) is 5.70. The maximum Gasteiger partial charge on any atom is 0.219 e. The van der Waals surface area contributed by atoms with Gasteiger partial charge in [-0.25, -0.2) is 15.0 Å². The van der Waals surface area contributed by atoms with E-state index in [9.17, 15) is 10.4 Å². The lowest BCUT2D eigenvalue weighted by atomic mass is 10.1. The van der Waals surface area contributed by atoms with Gasteiger partial charge >= 0.3 is 0 Å². The molecule has 0 spiro atoms. The molecule has 0 saturated heterocycles. The molecule has 1 N–H and O–H groups in total. The molecule has 0 radical (unpaired) electrons. The van der Waals surface area contributed by atoms with E-state index < -0.39 is 6.10 Å². The second-order valence-corrected chi connectivity index (χ2v) is 7.70. The van der Waals surface area contributed by atoms with E-state index in [-0.39, 0.29) is 0 Å². The maximum absolute atomic E-state index is 11.0. The summed E-state index contributed by atoms with van der Waals surface area (Å²) in [5, 5.41) is 21.1. The van der Waals surface area contributed by atoms with Gasteiger partial charge in [0.05, 0.1) is 23.9 Å². The maximum atomic E-state index is 11.0. The van der Waals surface area contributed by atoms with Crippen molar-refractivity contribution >= 4 is 21.6 Å². The molecular weight excluding hydrogens is 396 g/mol. The summed E-state index contributed by atoms with van der Waals surface area (Å²) in [6.45, 7) is 4.40. The first-order valence-corrected chi connectivity index (χ1v) is 10.5. The zero-order valence-corrected chi connectivity index (χ0v) is 17.5. The SMILES string of the molecule is CCOc1ncccc1C(O)c1cc2c(CC)nc(-c3cccc(C#N)c3)nc2s1. The number of nitriles is 1. The second kappa shape index (κ2) is 8.57. The molecule has 1 atom stereocenters. The number of aliphatic hydroxyl groups excluding tert-OH is 1. The van der Waals surface area contributed by atoms with Gasteiger partial charge in [0.25, 0.3) is 0 Å². The number of hydrogen-bond donors (Lipinski definition) is 1. The van der Waals surface area contributed by atoms with Gasteiger partial charge in [-0.2, -0.15) is 5.26 Å². The van der Waals surface area contributed by atoms with Gasteiger partial charge in [-0.05, 0) is 43.7 Å². The Morgan fingerprint density at radius 3 is 2.80 bits per heavy atom. The summed E-state index contributed by atoms with van der Waals surface area (Å²) >= 11 is 1.43. The van der Waals surface area contributed by atoms with Crippen LogP contribution in [-0.2, 0) is 6.42 Å². The molecule has 1 unspecified atom stereocenters. The summed E-state index contributed by atoms with van der Waals surface area (Å²) in [6.07, 6.45) is 1.51. The number of aromatic nitrogens is 3. The smallest absolute Gasteiger partial charge is 0.219 e. The summed E-state index contributed by atoms with van der Waals surface area (Å²) in [4.78, 5) is 15.2. The minimum atomic E-state index is -0.866. The van der Waals surface area contributed by atoms with E-state index in [4.69, 9.17) is 14.7 Å². The number of ether oxygens (including phenoxy) is 1. The number of aliphatic hydroxyl groups is 1. The number of hydrogen-bond acceptors (Lipinski definition) is 7. The Balaban J connectivity index is 1.80. The van der Waals surface area contributed by atoms with Crippen molar-refractivity contribution < 1.29 is 9.84 Å². The average Bonchev–Trinajstić information content (AvgIpc) is 3.23.